The molecule has 0 aromatic carbocycles. The van der Waals surface area contributed by atoms with Crippen molar-refractivity contribution in [3.05, 3.63) is 17.9 Å². The summed E-state index contributed by atoms with van der Waals surface area (Å²) in [4.78, 5) is 0. The van der Waals surface area contributed by atoms with Crippen LogP contribution >= 0.6 is 0 Å². The van der Waals surface area contributed by atoms with E-state index in [1.54, 1.807) is 6.07 Å². The Morgan fingerprint density at radius 3 is 2.46 bits per heavy atom. The molecule has 0 radical (unpaired) electrons. The van der Waals surface area contributed by atoms with Gasteiger partial charge in [0, 0.05) is 0 Å². The Bertz CT molecular complexity index is 278. The maximum Gasteiger partial charge on any atom is 0.526 e. The Balaban J connectivity index is 2.12. The highest BCUT2D eigenvalue weighted by atomic mass is 16.7. The van der Waals surface area contributed by atoms with E-state index in [2.05, 4.69) is 0 Å². The minimum atomic E-state index is -1.59. The van der Waals surface area contributed by atoms with Crippen LogP contribution in [0.2, 0.25) is 0 Å². The number of furan rings is 1. The first kappa shape index (κ1) is 8.77. The lowest BCUT2D eigenvalue weighted by Gasteiger charge is -2.03. The minimum absolute atomic E-state index is 0.0918. The molecule has 0 amide bonds. The first-order valence-electron chi connectivity index (χ1n) is 3.96. The van der Waals surface area contributed by atoms with Crippen molar-refractivity contribution in [2.24, 2.45) is 0 Å². The van der Waals surface area contributed by atoms with Crippen LogP contribution in [-0.2, 0) is 9.47 Å². The van der Waals surface area contributed by atoms with Crippen molar-refractivity contribution >= 4 is 12.8 Å². The Labute approximate surface area is 75.0 Å². The molecule has 2 heterocycles. The van der Waals surface area contributed by atoms with Gasteiger partial charge in [-0.05, 0) is 12.1 Å². The second kappa shape index (κ2) is 3.51. The summed E-state index contributed by atoms with van der Waals surface area (Å²) in [7, 11) is -1.59. The summed E-state index contributed by atoms with van der Waals surface area (Å²) >= 11 is 0. The van der Waals surface area contributed by atoms with E-state index in [1.165, 1.54) is 6.07 Å². The minimum Gasteiger partial charge on any atom is -0.464 e. The molecule has 0 bridgehead atoms. The molecule has 0 saturated carbocycles. The zero-order valence-electron chi connectivity index (χ0n) is 6.84. The van der Waals surface area contributed by atoms with Gasteiger partial charge in [-0.2, -0.15) is 0 Å². The standard InChI is InChI=1S/C7H9BO5/c9-8(10)6-2-1-5(13-6)7-11-3-4-12-7/h1-2,7,9-10H,3-4H2. The van der Waals surface area contributed by atoms with E-state index in [0.717, 1.165) is 0 Å². The quantitative estimate of drug-likeness (QED) is 0.577. The van der Waals surface area contributed by atoms with Gasteiger partial charge in [0.15, 0.2) is 5.76 Å². The van der Waals surface area contributed by atoms with Gasteiger partial charge in [-0.25, -0.2) is 0 Å². The Hall–Kier alpha value is -0.815. The zero-order chi connectivity index (χ0) is 9.26. The van der Waals surface area contributed by atoms with Gasteiger partial charge in [-0.3, -0.25) is 0 Å². The van der Waals surface area contributed by atoms with E-state index in [9.17, 15) is 0 Å². The van der Waals surface area contributed by atoms with Crippen LogP contribution in [0.4, 0.5) is 0 Å². The van der Waals surface area contributed by atoms with Gasteiger partial charge in [0.05, 0.1) is 13.2 Å². The largest absolute Gasteiger partial charge is 0.526 e. The zero-order valence-corrected chi connectivity index (χ0v) is 6.84. The summed E-state index contributed by atoms with van der Waals surface area (Å²) < 4.78 is 15.4. The predicted octanol–water partition coefficient (Wildman–Crippen LogP) is -0.995. The molecular formula is C7H9BO5. The van der Waals surface area contributed by atoms with E-state index in [1.807, 2.05) is 0 Å². The van der Waals surface area contributed by atoms with E-state index in [-0.39, 0.29) is 5.66 Å². The van der Waals surface area contributed by atoms with E-state index >= 15 is 0 Å². The highest BCUT2D eigenvalue weighted by Gasteiger charge is 2.24. The molecule has 70 valence electrons. The molecule has 2 N–H and O–H groups in total. The average molecular weight is 184 g/mol. The smallest absolute Gasteiger partial charge is 0.464 e. The Morgan fingerprint density at radius 1 is 1.23 bits per heavy atom. The molecular weight excluding hydrogens is 175 g/mol. The molecule has 1 fully saturated rings. The van der Waals surface area contributed by atoms with Crippen molar-refractivity contribution < 1.29 is 23.9 Å². The third kappa shape index (κ3) is 1.76. The molecule has 2 rings (SSSR count). The van der Waals surface area contributed by atoms with Gasteiger partial charge in [0.25, 0.3) is 0 Å². The van der Waals surface area contributed by atoms with Gasteiger partial charge >= 0.3 is 7.12 Å². The number of rotatable bonds is 2. The third-order valence-electron chi connectivity index (χ3n) is 1.76. The molecule has 0 unspecified atom stereocenters. The summed E-state index contributed by atoms with van der Waals surface area (Å²) in [6.45, 7) is 1.06. The van der Waals surface area contributed by atoms with Crippen LogP contribution in [0.3, 0.4) is 0 Å². The summed E-state index contributed by atoms with van der Waals surface area (Å²) in [6, 6.07) is 3.08. The number of ether oxygens (including phenoxy) is 2. The highest BCUT2D eigenvalue weighted by Crippen LogP contribution is 2.22. The van der Waals surface area contributed by atoms with Crippen LogP contribution in [0.25, 0.3) is 0 Å². The summed E-state index contributed by atoms with van der Waals surface area (Å²) in [5.74, 6) is 0.459. The molecule has 6 heteroatoms. The SMILES string of the molecule is OB(O)c1ccc(C2OCCO2)o1. The van der Waals surface area contributed by atoms with Crippen LogP contribution in [0.15, 0.2) is 16.5 Å². The van der Waals surface area contributed by atoms with Crippen molar-refractivity contribution in [1.82, 2.24) is 0 Å². The lowest BCUT2D eigenvalue weighted by Crippen LogP contribution is -2.28. The molecule has 1 aromatic rings. The van der Waals surface area contributed by atoms with Gasteiger partial charge in [0.2, 0.25) is 6.29 Å². The van der Waals surface area contributed by atoms with Crippen LogP contribution in [0, 0.1) is 0 Å². The molecule has 1 aliphatic heterocycles. The molecule has 0 spiro atoms. The normalized spacial score (nSPS) is 18.0. The maximum atomic E-state index is 8.76. The van der Waals surface area contributed by atoms with E-state index in [4.69, 9.17) is 23.9 Å². The number of hydrogen-bond acceptors (Lipinski definition) is 5. The third-order valence-corrected chi connectivity index (χ3v) is 1.76. The van der Waals surface area contributed by atoms with Crippen molar-refractivity contribution in [2.75, 3.05) is 13.2 Å². The second-order valence-electron chi connectivity index (χ2n) is 2.69. The summed E-state index contributed by atoms with van der Waals surface area (Å²) in [5.41, 5.74) is 0.0918. The molecule has 0 atom stereocenters. The van der Waals surface area contributed by atoms with Gasteiger partial charge in [-0.15, -0.1) is 0 Å². The van der Waals surface area contributed by atoms with Crippen LogP contribution < -0.4 is 5.66 Å². The van der Waals surface area contributed by atoms with Gasteiger partial charge in [0.1, 0.15) is 5.66 Å². The maximum absolute atomic E-state index is 8.76. The molecule has 5 nitrogen and oxygen atoms in total. The molecule has 13 heavy (non-hydrogen) atoms. The number of hydrogen-bond donors (Lipinski definition) is 2. The van der Waals surface area contributed by atoms with Crippen molar-refractivity contribution in [1.29, 1.82) is 0 Å². The van der Waals surface area contributed by atoms with E-state index < -0.39 is 13.4 Å². The lowest BCUT2D eigenvalue weighted by atomic mass is 9.88. The van der Waals surface area contributed by atoms with Crippen LogP contribution in [-0.4, -0.2) is 30.4 Å². The lowest BCUT2D eigenvalue weighted by molar-refractivity contribution is -0.0583. The van der Waals surface area contributed by atoms with Crippen molar-refractivity contribution in [3.63, 3.8) is 0 Å². The molecule has 1 aromatic heterocycles. The van der Waals surface area contributed by atoms with Gasteiger partial charge in [-0.1, -0.05) is 0 Å². The molecule has 1 aliphatic rings. The Morgan fingerprint density at radius 2 is 1.92 bits per heavy atom. The van der Waals surface area contributed by atoms with Crippen LogP contribution in [0.1, 0.15) is 12.1 Å². The molecule has 1 saturated heterocycles. The summed E-state index contributed by atoms with van der Waals surface area (Å²) in [6.07, 6.45) is -0.507. The molecule has 0 aliphatic carbocycles. The fourth-order valence-electron chi connectivity index (χ4n) is 1.16. The fourth-order valence-corrected chi connectivity index (χ4v) is 1.16. The second-order valence-corrected chi connectivity index (χ2v) is 2.69. The van der Waals surface area contributed by atoms with E-state index in [0.29, 0.717) is 19.0 Å². The fraction of sp³-hybridized carbons (Fsp3) is 0.429. The average Bonchev–Trinajstić information content (AvgIpc) is 2.75. The van der Waals surface area contributed by atoms with Crippen molar-refractivity contribution in [2.45, 2.75) is 6.29 Å². The Kier molecular flexibility index (Phi) is 2.37. The monoisotopic (exact) mass is 184 g/mol. The van der Waals surface area contributed by atoms with Crippen molar-refractivity contribution in [3.8, 4) is 0 Å². The highest BCUT2D eigenvalue weighted by molar-refractivity contribution is 6.56. The topological polar surface area (TPSA) is 72.1 Å². The van der Waals surface area contributed by atoms with Gasteiger partial charge < -0.3 is 23.9 Å². The summed E-state index contributed by atoms with van der Waals surface area (Å²) in [5, 5.41) is 17.5. The van der Waals surface area contributed by atoms with Crippen LogP contribution in [0.5, 0.6) is 0 Å². The predicted molar refractivity (Wildman–Crippen MR) is 43.2 cm³/mol. The first-order valence-corrected chi connectivity index (χ1v) is 3.96. The first-order chi connectivity index (χ1) is 6.27.